The first-order valence-corrected chi connectivity index (χ1v) is 7.39. The molecule has 0 aliphatic rings. The van der Waals surface area contributed by atoms with Gasteiger partial charge in [-0.25, -0.2) is 14.8 Å². The van der Waals surface area contributed by atoms with Crippen molar-refractivity contribution in [2.75, 3.05) is 6.26 Å². The first-order chi connectivity index (χ1) is 9.70. The highest BCUT2D eigenvalue weighted by Gasteiger charge is 2.14. The summed E-state index contributed by atoms with van der Waals surface area (Å²) in [4.78, 5) is 20.7. The first-order valence-electron chi connectivity index (χ1n) is 5.79. The Hall–Kier alpha value is -1.85. The fraction of sp³-hybridized carbons (Fsp3) is 0.0714. The molecular formula is C14H9ClN2O2S. The van der Waals surface area contributed by atoms with Crippen molar-refractivity contribution in [3.63, 3.8) is 0 Å². The molecule has 0 bridgehead atoms. The Labute approximate surface area is 123 Å². The molecule has 0 saturated carbocycles. The molecule has 0 N–H and O–H groups in total. The van der Waals surface area contributed by atoms with Gasteiger partial charge in [0.25, 0.3) is 0 Å². The lowest BCUT2D eigenvalue weighted by Crippen LogP contribution is -2.04. The Balaban J connectivity index is 2.31. The summed E-state index contributed by atoms with van der Waals surface area (Å²) >= 11 is 7.47. The lowest BCUT2D eigenvalue weighted by molar-refractivity contribution is 0.516. The molecule has 20 heavy (non-hydrogen) atoms. The van der Waals surface area contributed by atoms with Crippen molar-refractivity contribution in [2.45, 2.75) is 5.03 Å². The van der Waals surface area contributed by atoms with Gasteiger partial charge in [0.05, 0.1) is 16.1 Å². The quantitative estimate of drug-likeness (QED) is 0.677. The standard InChI is InChI=1S/C14H9ClN2O2S/c1-20-13-8(4-3-7-16-13)12-17-10-6-2-5-9(15)11(10)14(18)19-12/h2-7H,1H3. The van der Waals surface area contributed by atoms with Gasteiger partial charge < -0.3 is 4.42 Å². The molecule has 1 aromatic carbocycles. The number of aromatic nitrogens is 2. The van der Waals surface area contributed by atoms with E-state index in [1.165, 1.54) is 11.8 Å². The van der Waals surface area contributed by atoms with Gasteiger partial charge in [0, 0.05) is 6.20 Å². The summed E-state index contributed by atoms with van der Waals surface area (Å²) in [5, 5.41) is 1.39. The fourth-order valence-electron chi connectivity index (χ4n) is 1.91. The minimum Gasteiger partial charge on any atom is -0.403 e. The Bertz CT molecular complexity index is 848. The number of hydrogen-bond acceptors (Lipinski definition) is 5. The Morgan fingerprint density at radius 1 is 1.25 bits per heavy atom. The highest BCUT2D eigenvalue weighted by molar-refractivity contribution is 7.98. The van der Waals surface area contributed by atoms with E-state index in [9.17, 15) is 4.79 Å². The van der Waals surface area contributed by atoms with Gasteiger partial charge in [0.15, 0.2) is 0 Å². The van der Waals surface area contributed by atoms with E-state index in [1.807, 2.05) is 12.3 Å². The molecule has 0 unspecified atom stereocenters. The van der Waals surface area contributed by atoms with Crippen molar-refractivity contribution in [1.82, 2.24) is 9.97 Å². The predicted octanol–water partition coefficient (Wildman–Crippen LogP) is 3.63. The minimum absolute atomic E-state index is 0.252. The maximum atomic E-state index is 12.1. The van der Waals surface area contributed by atoms with Gasteiger partial charge >= 0.3 is 5.63 Å². The summed E-state index contributed by atoms with van der Waals surface area (Å²) in [5.41, 5.74) is 0.713. The zero-order valence-electron chi connectivity index (χ0n) is 10.5. The van der Waals surface area contributed by atoms with Crippen LogP contribution in [0.1, 0.15) is 0 Å². The van der Waals surface area contributed by atoms with Crippen LogP contribution in [0.4, 0.5) is 0 Å². The average Bonchev–Trinajstić information content (AvgIpc) is 2.47. The van der Waals surface area contributed by atoms with Crippen LogP contribution in [-0.4, -0.2) is 16.2 Å². The van der Waals surface area contributed by atoms with Gasteiger partial charge in [-0.15, -0.1) is 11.8 Å². The Morgan fingerprint density at radius 3 is 2.90 bits per heavy atom. The molecule has 2 heterocycles. The topological polar surface area (TPSA) is 56.0 Å². The van der Waals surface area contributed by atoms with E-state index in [1.54, 1.807) is 30.5 Å². The molecule has 3 aromatic rings. The van der Waals surface area contributed by atoms with Crippen LogP contribution >= 0.6 is 23.4 Å². The van der Waals surface area contributed by atoms with Crippen molar-refractivity contribution >= 4 is 34.3 Å². The van der Waals surface area contributed by atoms with Gasteiger partial charge in [-0.2, -0.15) is 0 Å². The van der Waals surface area contributed by atoms with Crippen LogP contribution in [0.5, 0.6) is 0 Å². The number of rotatable bonds is 2. The lowest BCUT2D eigenvalue weighted by atomic mass is 10.2. The third-order valence-corrected chi connectivity index (χ3v) is 3.83. The maximum absolute atomic E-state index is 12.1. The zero-order valence-corrected chi connectivity index (χ0v) is 12.0. The van der Waals surface area contributed by atoms with Crippen molar-refractivity contribution in [3.05, 3.63) is 52.0 Å². The molecule has 0 spiro atoms. The molecule has 100 valence electrons. The zero-order chi connectivity index (χ0) is 14.1. The molecule has 0 atom stereocenters. The number of benzene rings is 1. The van der Waals surface area contributed by atoms with E-state index in [0.717, 1.165) is 5.03 Å². The monoisotopic (exact) mass is 304 g/mol. The van der Waals surface area contributed by atoms with Crippen LogP contribution in [0.15, 0.2) is 50.8 Å². The molecular weight excluding hydrogens is 296 g/mol. The van der Waals surface area contributed by atoms with Gasteiger partial charge in [0.1, 0.15) is 10.4 Å². The summed E-state index contributed by atoms with van der Waals surface area (Å²) < 4.78 is 5.30. The van der Waals surface area contributed by atoms with Crippen LogP contribution in [0, 0.1) is 0 Å². The number of nitrogens with zero attached hydrogens (tertiary/aromatic N) is 2. The molecule has 0 radical (unpaired) electrons. The third kappa shape index (κ3) is 2.19. The van der Waals surface area contributed by atoms with Gasteiger partial charge in [-0.1, -0.05) is 17.7 Å². The van der Waals surface area contributed by atoms with E-state index >= 15 is 0 Å². The summed E-state index contributed by atoms with van der Waals surface area (Å²) in [5.74, 6) is 0.252. The van der Waals surface area contributed by atoms with Crippen molar-refractivity contribution in [1.29, 1.82) is 0 Å². The number of thioether (sulfide) groups is 1. The smallest absolute Gasteiger partial charge is 0.348 e. The van der Waals surface area contributed by atoms with Crippen LogP contribution < -0.4 is 5.63 Å². The normalized spacial score (nSPS) is 10.9. The van der Waals surface area contributed by atoms with E-state index in [-0.39, 0.29) is 5.89 Å². The van der Waals surface area contributed by atoms with Crippen LogP contribution in [-0.2, 0) is 0 Å². The average molecular weight is 305 g/mol. The van der Waals surface area contributed by atoms with E-state index < -0.39 is 5.63 Å². The summed E-state index contributed by atoms with van der Waals surface area (Å²) in [6.45, 7) is 0. The molecule has 0 aliphatic heterocycles. The molecule has 2 aromatic heterocycles. The van der Waals surface area contributed by atoms with Gasteiger partial charge in [-0.05, 0) is 30.5 Å². The minimum atomic E-state index is -0.494. The summed E-state index contributed by atoms with van der Waals surface area (Å²) in [6, 6.07) is 8.72. The fourth-order valence-corrected chi connectivity index (χ4v) is 2.70. The molecule has 6 heteroatoms. The Kier molecular flexibility index (Phi) is 3.46. The first kappa shape index (κ1) is 13.1. The van der Waals surface area contributed by atoms with E-state index in [0.29, 0.717) is 21.5 Å². The summed E-state index contributed by atoms with van der Waals surface area (Å²) in [7, 11) is 0. The predicted molar refractivity (Wildman–Crippen MR) is 80.3 cm³/mol. The van der Waals surface area contributed by atoms with Gasteiger partial charge in [0.2, 0.25) is 5.89 Å². The SMILES string of the molecule is CSc1ncccc1-c1nc2cccc(Cl)c2c(=O)o1. The molecule has 0 amide bonds. The molecule has 3 rings (SSSR count). The largest absolute Gasteiger partial charge is 0.403 e. The molecule has 0 fully saturated rings. The molecule has 0 aliphatic carbocycles. The van der Waals surface area contributed by atoms with Crippen molar-refractivity contribution in [2.24, 2.45) is 0 Å². The van der Waals surface area contributed by atoms with Crippen molar-refractivity contribution < 1.29 is 4.42 Å². The molecule has 4 nitrogen and oxygen atoms in total. The van der Waals surface area contributed by atoms with E-state index in [4.69, 9.17) is 16.0 Å². The van der Waals surface area contributed by atoms with E-state index in [2.05, 4.69) is 9.97 Å². The maximum Gasteiger partial charge on any atom is 0.348 e. The lowest BCUT2D eigenvalue weighted by Gasteiger charge is -2.05. The second-order valence-electron chi connectivity index (χ2n) is 4.00. The van der Waals surface area contributed by atoms with Crippen LogP contribution in [0.2, 0.25) is 5.02 Å². The second kappa shape index (κ2) is 5.26. The summed E-state index contributed by atoms with van der Waals surface area (Å²) in [6.07, 6.45) is 3.59. The highest BCUT2D eigenvalue weighted by atomic mass is 35.5. The van der Waals surface area contributed by atoms with Crippen LogP contribution in [0.25, 0.3) is 22.4 Å². The number of halogens is 1. The number of pyridine rings is 1. The number of hydrogen-bond donors (Lipinski definition) is 0. The second-order valence-corrected chi connectivity index (χ2v) is 5.20. The van der Waals surface area contributed by atoms with Gasteiger partial charge in [-0.3, -0.25) is 0 Å². The highest BCUT2D eigenvalue weighted by Crippen LogP contribution is 2.28. The van der Waals surface area contributed by atoms with Crippen LogP contribution in [0.3, 0.4) is 0 Å². The van der Waals surface area contributed by atoms with Crippen molar-refractivity contribution in [3.8, 4) is 11.5 Å². The molecule has 0 saturated heterocycles. The third-order valence-electron chi connectivity index (χ3n) is 2.80. The number of fused-ring (bicyclic) bond motifs is 1. The Morgan fingerprint density at radius 2 is 2.10 bits per heavy atom.